The molecule has 0 N–H and O–H groups in total. The first kappa shape index (κ1) is 28.7. The van der Waals surface area contributed by atoms with E-state index in [9.17, 15) is 22.0 Å². The SMILES string of the molecule is CC(C)(C)OC(=O)CN(c1ccc2c(ccn2-c2cc(C(C)(F)F)cnn2)c1)S(=O)(=O)c1cc(Cl)cc(Cl)c1. The number of anilines is 1. The number of aromatic nitrogens is 3. The Balaban J connectivity index is 1.80. The molecule has 8 nitrogen and oxygen atoms in total. The van der Waals surface area contributed by atoms with Gasteiger partial charge in [0.15, 0.2) is 5.82 Å². The number of sulfonamides is 1. The van der Waals surface area contributed by atoms with Crippen LogP contribution in [0.25, 0.3) is 16.7 Å². The van der Waals surface area contributed by atoms with Crippen LogP contribution in [0.4, 0.5) is 14.5 Å². The lowest BCUT2D eigenvalue weighted by atomic mass is 10.2. The van der Waals surface area contributed by atoms with Gasteiger partial charge in [-0.15, -0.1) is 5.10 Å². The summed E-state index contributed by atoms with van der Waals surface area (Å²) < 4.78 is 63.0. The van der Waals surface area contributed by atoms with Crippen molar-refractivity contribution in [1.29, 1.82) is 0 Å². The van der Waals surface area contributed by atoms with E-state index in [-0.39, 0.29) is 32.0 Å². The lowest BCUT2D eigenvalue weighted by Gasteiger charge is -2.26. The lowest BCUT2D eigenvalue weighted by Crippen LogP contribution is -2.39. The molecule has 0 radical (unpaired) electrons. The van der Waals surface area contributed by atoms with E-state index in [1.54, 1.807) is 49.7 Å². The number of halogens is 4. The molecule has 206 valence electrons. The zero-order chi connectivity index (χ0) is 28.8. The fourth-order valence-electron chi connectivity index (χ4n) is 3.81. The summed E-state index contributed by atoms with van der Waals surface area (Å²) in [6.07, 6.45) is 2.59. The van der Waals surface area contributed by atoms with Crippen molar-refractivity contribution in [2.45, 2.75) is 44.1 Å². The molecule has 2 aromatic carbocycles. The highest BCUT2D eigenvalue weighted by Crippen LogP contribution is 2.32. The molecule has 4 aromatic rings. The first-order valence-corrected chi connectivity index (χ1v) is 13.8. The van der Waals surface area contributed by atoms with Gasteiger partial charge in [-0.3, -0.25) is 13.7 Å². The molecule has 0 bridgehead atoms. The second-order valence-electron chi connectivity index (χ2n) is 9.82. The molecule has 0 saturated carbocycles. The topological polar surface area (TPSA) is 94.4 Å². The number of carbonyl (C=O) groups is 1. The van der Waals surface area contributed by atoms with E-state index < -0.39 is 34.1 Å². The van der Waals surface area contributed by atoms with E-state index in [4.69, 9.17) is 27.9 Å². The Morgan fingerprint density at radius 1 is 1.03 bits per heavy atom. The quantitative estimate of drug-likeness (QED) is 0.230. The molecule has 0 amide bonds. The number of benzene rings is 2. The normalized spacial score (nSPS) is 12.5. The van der Waals surface area contributed by atoms with Crippen LogP contribution in [0.5, 0.6) is 0 Å². The maximum atomic E-state index is 13.8. The van der Waals surface area contributed by atoms with Crippen molar-refractivity contribution in [3.8, 4) is 5.82 Å². The van der Waals surface area contributed by atoms with Crippen LogP contribution < -0.4 is 4.31 Å². The smallest absolute Gasteiger partial charge is 0.327 e. The third-order valence-electron chi connectivity index (χ3n) is 5.47. The van der Waals surface area contributed by atoms with Crippen molar-refractivity contribution >= 4 is 55.8 Å². The summed E-state index contributed by atoms with van der Waals surface area (Å²) in [5, 5.41) is 8.41. The minimum Gasteiger partial charge on any atom is -0.459 e. The number of carbonyl (C=O) groups excluding carboxylic acids is 1. The summed E-state index contributed by atoms with van der Waals surface area (Å²) in [5.41, 5.74) is -0.453. The first-order chi connectivity index (χ1) is 18.0. The number of alkyl halides is 2. The van der Waals surface area contributed by atoms with Crippen molar-refractivity contribution in [3.05, 3.63) is 76.5 Å². The molecule has 0 atom stereocenters. The van der Waals surface area contributed by atoms with Crippen LogP contribution in [-0.2, 0) is 25.5 Å². The van der Waals surface area contributed by atoms with Gasteiger partial charge in [-0.1, -0.05) is 23.2 Å². The molecule has 0 spiro atoms. The Bertz CT molecular complexity index is 1640. The van der Waals surface area contributed by atoms with Crippen LogP contribution in [0, 0.1) is 0 Å². The van der Waals surface area contributed by atoms with Gasteiger partial charge in [0.05, 0.1) is 22.3 Å². The second kappa shape index (κ2) is 10.4. The van der Waals surface area contributed by atoms with Gasteiger partial charge in [0.1, 0.15) is 12.1 Å². The number of hydrogen-bond donors (Lipinski definition) is 0. The number of fused-ring (bicyclic) bond motifs is 1. The van der Waals surface area contributed by atoms with Gasteiger partial charge < -0.3 is 4.74 Å². The van der Waals surface area contributed by atoms with Crippen molar-refractivity contribution in [3.63, 3.8) is 0 Å². The zero-order valence-corrected chi connectivity index (χ0v) is 23.7. The Morgan fingerprint density at radius 2 is 1.69 bits per heavy atom. The van der Waals surface area contributed by atoms with Crippen molar-refractivity contribution < 1.29 is 26.7 Å². The number of nitrogens with zero attached hydrogens (tertiary/aromatic N) is 4. The minimum absolute atomic E-state index is 0.104. The summed E-state index contributed by atoms with van der Waals surface area (Å²) in [6.45, 7) is 5.14. The molecule has 13 heteroatoms. The van der Waals surface area contributed by atoms with E-state index in [0.717, 1.165) is 17.4 Å². The fourth-order valence-corrected chi connectivity index (χ4v) is 5.94. The van der Waals surface area contributed by atoms with Gasteiger partial charge in [0.25, 0.3) is 15.9 Å². The molecular weight excluding hydrogens is 573 g/mol. The van der Waals surface area contributed by atoms with Gasteiger partial charge >= 0.3 is 5.97 Å². The van der Waals surface area contributed by atoms with Crippen LogP contribution in [0.2, 0.25) is 10.0 Å². The highest BCUT2D eigenvalue weighted by atomic mass is 35.5. The van der Waals surface area contributed by atoms with Gasteiger partial charge in [-0.2, -0.15) is 5.10 Å². The summed E-state index contributed by atoms with van der Waals surface area (Å²) >= 11 is 12.1. The molecule has 0 aliphatic heterocycles. The minimum atomic E-state index is -4.33. The lowest BCUT2D eigenvalue weighted by molar-refractivity contribution is -0.152. The van der Waals surface area contributed by atoms with Gasteiger partial charge in [-0.05, 0) is 69.3 Å². The van der Waals surface area contributed by atoms with Crippen LogP contribution >= 0.6 is 23.2 Å². The maximum Gasteiger partial charge on any atom is 0.327 e. The molecule has 4 rings (SSSR count). The number of ether oxygens (including phenoxy) is 1. The second-order valence-corrected chi connectivity index (χ2v) is 12.6. The Kier molecular flexibility index (Phi) is 7.63. The van der Waals surface area contributed by atoms with E-state index in [2.05, 4.69) is 10.2 Å². The van der Waals surface area contributed by atoms with Gasteiger partial charge in [0.2, 0.25) is 0 Å². The third-order valence-corrected chi connectivity index (χ3v) is 7.66. The van der Waals surface area contributed by atoms with Gasteiger partial charge in [-0.25, -0.2) is 17.2 Å². The van der Waals surface area contributed by atoms with Crippen LogP contribution in [0.1, 0.15) is 33.3 Å². The standard InChI is InChI=1S/C26H24Cl2F2N4O4S/c1-25(2,3)38-24(35)15-34(39(36,37)21-12-18(27)11-19(28)13-21)20-5-6-22-16(9-20)7-8-33(22)23-10-17(14-31-32-23)26(4,29)30/h5-14H,15H2,1-4H3. The molecular formula is C26H24Cl2F2N4O4S. The summed E-state index contributed by atoms with van der Waals surface area (Å²) in [7, 11) is -4.33. The van der Waals surface area contributed by atoms with E-state index >= 15 is 0 Å². The third kappa shape index (κ3) is 6.48. The summed E-state index contributed by atoms with van der Waals surface area (Å²) in [4.78, 5) is 12.5. The predicted octanol–water partition coefficient (Wildman–Crippen LogP) is 6.38. The Hall–Kier alpha value is -3.28. The molecule has 0 fully saturated rings. The molecule has 0 aliphatic rings. The average Bonchev–Trinajstić information content (AvgIpc) is 3.23. The van der Waals surface area contributed by atoms with Crippen LogP contribution in [0.3, 0.4) is 0 Å². The number of rotatable bonds is 7. The summed E-state index contributed by atoms with van der Waals surface area (Å²) in [5.74, 6) is -3.73. The number of hydrogen-bond acceptors (Lipinski definition) is 6. The van der Waals surface area contributed by atoms with Crippen molar-refractivity contribution in [2.75, 3.05) is 10.8 Å². The molecule has 0 aliphatic carbocycles. The average molecular weight is 597 g/mol. The van der Waals surface area contributed by atoms with Crippen LogP contribution in [-0.4, -0.2) is 41.3 Å². The molecule has 39 heavy (non-hydrogen) atoms. The molecule has 2 heterocycles. The highest BCUT2D eigenvalue weighted by molar-refractivity contribution is 7.92. The van der Waals surface area contributed by atoms with Crippen molar-refractivity contribution in [2.24, 2.45) is 0 Å². The fraction of sp³-hybridized carbons (Fsp3) is 0.269. The molecule has 2 aromatic heterocycles. The van der Waals surface area contributed by atoms with Crippen molar-refractivity contribution in [1.82, 2.24) is 14.8 Å². The van der Waals surface area contributed by atoms with Gasteiger partial charge in [0, 0.05) is 34.1 Å². The monoisotopic (exact) mass is 596 g/mol. The zero-order valence-electron chi connectivity index (χ0n) is 21.3. The number of esters is 1. The largest absolute Gasteiger partial charge is 0.459 e. The molecule has 0 unspecified atom stereocenters. The Morgan fingerprint density at radius 3 is 2.31 bits per heavy atom. The van der Waals surface area contributed by atoms with E-state index in [1.807, 2.05) is 0 Å². The maximum absolute atomic E-state index is 13.8. The first-order valence-electron chi connectivity index (χ1n) is 11.6. The molecule has 0 saturated heterocycles. The highest BCUT2D eigenvalue weighted by Gasteiger charge is 2.31. The predicted molar refractivity (Wildman–Crippen MR) is 145 cm³/mol. The summed E-state index contributed by atoms with van der Waals surface area (Å²) in [6, 6.07) is 11.4. The Labute approximate surface area is 234 Å². The van der Waals surface area contributed by atoms with E-state index in [0.29, 0.717) is 10.9 Å². The van der Waals surface area contributed by atoms with Crippen LogP contribution in [0.15, 0.2) is 65.8 Å². The van der Waals surface area contributed by atoms with E-state index in [1.165, 1.54) is 30.3 Å².